The van der Waals surface area contributed by atoms with Gasteiger partial charge in [0.25, 0.3) is 0 Å². The van der Waals surface area contributed by atoms with Gasteiger partial charge in [-0.25, -0.2) is 9.13 Å². The van der Waals surface area contributed by atoms with Crippen molar-refractivity contribution in [2.75, 3.05) is 26.4 Å². The number of phosphoric ester groups is 2. The Hall–Kier alpha value is 0.260. The molecule has 0 aromatic carbocycles. The van der Waals surface area contributed by atoms with Gasteiger partial charge in [0.1, 0.15) is 0 Å². The van der Waals surface area contributed by atoms with Crippen LogP contribution in [0.5, 0.6) is 0 Å². The lowest BCUT2D eigenvalue weighted by molar-refractivity contribution is 0.105. The average Bonchev–Trinajstić information content (AvgIpc) is 3.25. The predicted octanol–water partition coefficient (Wildman–Crippen LogP) is 20.5. The summed E-state index contributed by atoms with van der Waals surface area (Å²) in [6.45, 7) is 10.0. The molecule has 368 valence electrons. The molecular formula is C52H108O7P2. The van der Waals surface area contributed by atoms with Gasteiger partial charge in [-0.1, -0.05) is 285 Å². The van der Waals surface area contributed by atoms with Crippen molar-refractivity contribution in [1.29, 1.82) is 0 Å². The van der Waals surface area contributed by atoms with Crippen LogP contribution in [0.4, 0.5) is 0 Å². The molecule has 0 aliphatic heterocycles. The third kappa shape index (κ3) is 46.6. The summed E-state index contributed by atoms with van der Waals surface area (Å²) >= 11 is 0. The fraction of sp³-hybridized carbons (Fsp3) is 1.00. The van der Waals surface area contributed by atoms with Gasteiger partial charge in [-0.15, -0.1) is 0 Å². The number of rotatable bonds is 54. The van der Waals surface area contributed by atoms with E-state index in [9.17, 15) is 9.13 Å². The Kier molecular flexibility index (Phi) is 49.9. The Morgan fingerprint density at radius 3 is 0.492 bits per heavy atom. The average molecular weight is 907 g/mol. The molecule has 0 saturated carbocycles. The first kappa shape index (κ1) is 61.3. The first-order chi connectivity index (χ1) is 29.9. The molecule has 9 heteroatoms. The van der Waals surface area contributed by atoms with E-state index in [1.54, 1.807) is 0 Å². The summed E-state index contributed by atoms with van der Waals surface area (Å²) in [4.78, 5) is 0. The van der Waals surface area contributed by atoms with E-state index in [1.807, 2.05) is 0 Å². The lowest BCUT2D eigenvalue weighted by atomic mass is 10.1. The highest BCUT2D eigenvalue weighted by molar-refractivity contribution is 7.62. The van der Waals surface area contributed by atoms with Crippen molar-refractivity contribution in [3.8, 4) is 0 Å². The fourth-order valence-corrected chi connectivity index (χ4v) is 11.4. The summed E-state index contributed by atoms with van der Waals surface area (Å²) in [6, 6.07) is 0. The molecule has 61 heavy (non-hydrogen) atoms. The van der Waals surface area contributed by atoms with Crippen molar-refractivity contribution in [1.82, 2.24) is 0 Å². The van der Waals surface area contributed by atoms with E-state index in [0.717, 1.165) is 77.0 Å². The first-order valence-electron chi connectivity index (χ1n) is 27.4. The molecule has 0 atom stereocenters. The molecule has 0 fully saturated rings. The molecule has 0 saturated heterocycles. The number of hydrogen-bond donors (Lipinski definition) is 0. The Balaban J connectivity index is 5.12. The third-order valence-corrected chi connectivity index (χ3v) is 15.8. The van der Waals surface area contributed by atoms with E-state index in [-0.39, 0.29) is 26.4 Å². The second-order valence-electron chi connectivity index (χ2n) is 18.5. The normalized spacial score (nSPS) is 12.3. The standard InChI is InChI=1S/C52H108O7P2/c1-5-9-13-17-21-25-29-33-37-41-45-49-55-60(53,56-50-46-42-38-34-30-26-22-18-14-10-6-2)59-61(54,57-51-47-43-39-35-31-27-23-19-15-11-7-3)58-52-48-44-40-36-32-28-24-20-16-12-8-4/h5-52H2,1-4H3. The Morgan fingerprint density at radius 2 is 0.344 bits per heavy atom. The number of phosphoric acid groups is 2. The fourth-order valence-electron chi connectivity index (χ4n) is 8.06. The van der Waals surface area contributed by atoms with Gasteiger partial charge in [0, 0.05) is 0 Å². The van der Waals surface area contributed by atoms with Gasteiger partial charge in [-0.2, -0.15) is 4.31 Å². The van der Waals surface area contributed by atoms with Gasteiger partial charge in [-0.05, 0) is 25.7 Å². The SMILES string of the molecule is CCCCCCCCCCCCCOP(=O)(OCCCCCCCCCCCCC)OP(=O)(OCCCCCCCCCCCCC)OCCCCCCCCCCCCC. The highest BCUT2D eigenvalue weighted by Crippen LogP contribution is 2.66. The van der Waals surface area contributed by atoms with Crippen LogP contribution in [-0.2, 0) is 31.5 Å². The lowest BCUT2D eigenvalue weighted by Crippen LogP contribution is -2.07. The van der Waals surface area contributed by atoms with Crippen LogP contribution in [0.1, 0.15) is 310 Å². The maximum absolute atomic E-state index is 14.2. The minimum atomic E-state index is -4.18. The zero-order valence-corrected chi connectivity index (χ0v) is 43.5. The molecule has 0 bridgehead atoms. The van der Waals surface area contributed by atoms with Gasteiger partial charge < -0.3 is 0 Å². The van der Waals surface area contributed by atoms with E-state index in [4.69, 9.17) is 22.4 Å². The molecule has 0 aliphatic rings. The largest absolute Gasteiger partial charge is 0.483 e. The summed E-state index contributed by atoms with van der Waals surface area (Å²) in [5.41, 5.74) is 0. The zero-order valence-electron chi connectivity index (χ0n) is 41.7. The van der Waals surface area contributed by atoms with Gasteiger partial charge in [0.2, 0.25) is 0 Å². The first-order valence-corrected chi connectivity index (χ1v) is 30.4. The molecule has 0 rings (SSSR count). The summed E-state index contributed by atoms with van der Waals surface area (Å²) in [5, 5.41) is 0. The minimum Gasteiger partial charge on any atom is -0.287 e. The topological polar surface area (TPSA) is 80.3 Å². The maximum Gasteiger partial charge on any atom is 0.483 e. The molecule has 0 heterocycles. The summed E-state index contributed by atoms with van der Waals surface area (Å²) < 4.78 is 58.0. The highest BCUT2D eigenvalue weighted by atomic mass is 31.3. The molecule has 0 amide bonds. The Bertz CT molecular complexity index is 799. The minimum absolute atomic E-state index is 0.240. The lowest BCUT2D eigenvalue weighted by Gasteiger charge is -2.23. The smallest absolute Gasteiger partial charge is 0.287 e. The van der Waals surface area contributed by atoms with Crippen molar-refractivity contribution in [3.63, 3.8) is 0 Å². The Morgan fingerprint density at radius 1 is 0.213 bits per heavy atom. The van der Waals surface area contributed by atoms with Crippen LogP contribution in [-0.4, -0.2) is 26.4 Å². The summed E-state index contributed by atoms with van der Waals surface area (Å²) in [7, 11) is -8.37. The van der Waals surface area contributed by atoms with Crippen LogP contribution >= 0.6 is 15.6 Å². The zero-order chi connectivity index (χ0) is 44.5. The molecule has 0 spiro atoms. The third-order valence-electron chi connectivity index (χ3n) is 12.2. The van der Waals surface area contributed by atoms with Crippen molar-refractivity contribution in [2.45, 2.75) is 310 Å². The quantitative estimate of drug-likeness (QED) is 0.0444. The van der Waals surface area contributed by atoms with Crippen LogP contribution in [0.15, 0.2) is 0 Å². The molecule has 0 aromatic rings. The summed E-state index contributed by atoms with van der Waals surface area (Å²) in [5.74, 6) is 0. The van der Waals surface area contributed by atoms with Gasteiger partial charge >= 0.3 is 15.6 Å². The summed E-state index contributed by atoms with van der Waals surface area (Å²) in [6.07, 6.45) is 53.5. The monoisotopic (exact) mass is 907 g/mol. The Labute approximate surface area is 382 Å². The van der Waals surface area contributed by atoms with Gasteiger partial charge in [0.15, 0.2) is 0 Å². The molecular weight excluding hydrogens is 799 g/mol. The van der Waals surface area contributed by atoms with Crippen LogP contribution in [0, 0.1) is 0 Å². The van der Waals surface area contributed by atoms with Crippen LogP contribution in [0.2, 0.25) is 0 Å². The number of unbranched alkanes of at least 4 members (excludes halogenated alkanes) is 40. The van der Waals surface area contributed by atoms with Gasteiger partial charge in [-0.3, -0.25) is 18.1 Å². The highest BCUT2D eigenvalue weighted by Gasteiger charge is 2.40. The van der Waals surface area contributed by atoms with E-state index < -0.39 is 15.6 Å². The van der Waals surface area contributed by atoms with Crippen molar-refractivity contribution < 1.29 is 31.5 Å². The number of hydrogen-bond acceptors (Lipinski definition) is 7. The molecule has 0 unspecified atom stereocenters. The molecule has 0 aliphatic carbocycles. The van der Waals surface area contributed by atoms with Crippen molar-refractivity contribution in [3.05, 3.63) is 0 Å². The molecule has 0 aromatic heterocycles. The van der Waals surface area contributed by atoms with Crippen molar-refractivity contribution in [2.24, 2.45) is 0 Å². The van der Waals surface area contributed by atoms with Crippen LogP contribution in [0.25, 0.3) is 0 Å². The van der Waals surface area contributed by atoms with E-state index in [1.165, 1.54) is 205 Å². The van der Waals surface area contributed by atoms with E-state index >= 15 is 0 Å². The van der Waals surface area contributed by atoms with Crippen molar-refractivity contribution >= 4 is 15.6 Å². The maximum atomic E-state index is 14.2. The van der Waals surface area contributed by atoms with Crippen LogP contribution in [0.3, 0.4) is 0 Å². The second-order valence-corrected chi connectivity index (χ2v) is 21.9. The van der Waals surface area contributed by atoms with E-state index in [2.05, 4.69) is 27.7 Å². The molecule has 0 radical (unpaired) electrons. The second kappa shape index (κ2) is 49.7. The molecule has 0 N–H and O–H groups in total. The predicted molar refractivity (Wildman–Crippen MR) is 266 cm³/mol. The van der Waals surface area contributed by atoms with Crippen LogP contribution < -0.4 is 0 Å². The van der Waals surface area contributed by atoms with Gasteiger partial charge in [0.05, 0.1) is 26.4 Å². The van der Waals surface area contributed by atoms with E-state index in [0.29, 0.717) is 0 Å². The molecule has 7 nitrogen and oxygen atoms in total.